The van der Waals surface area contributed by atoms with Crippen molar-refractivity contribution < 1.29 is 37.0 Å². The Kier molecular flexibility index (Phi) is 7.40. The number of ether oxygens (including phenoxy) is 1. The molecule has 2 atom stereocenters. The second-order valence-electron chi connectivity index (χ2n) is 7.65. The fraction of sp³-hybridized carbons (Fsp3) is 0.429. The molecule has 11 heteroatoms. The van der Waals surface area contributed by atoms with Crippen LogP contribution < -0.4 is 10.2 Å². The number of thiophene rings is 1. The number of carboxylic acids is 1. The molecule has 4 rings (SSSR count). The van der Waals surface area contributed by atoms with Gasteiger partial charge in [0.05, 0.1) is 5.69 Å². The summed E-state index contributed by atoms with van der Waals surface area (Å²) in [5.74, 6) is -3.12. The van der Waals surface area contributed by atoms with E-state index in [0.717, 1.165) is 36.8 Å². The molecule has 0 aliphatic carbocycles. The fourth-order valence-corrected chi connectivity index (χ4v) is 4.52. The minimum Gasteiger partial charge on any atom is -0.475 e. The van der Waals surface area contributed by atoms with Crippen LogP contribution in [0.3, 0.4) is 0 Å². The number of anilines is 1. The van der Waals surface area contributed by atoms with Gasteiger partial charge in [0.2, 0.25) is 0 Å². The van der Waals surface area contributed by atoms with Crippen LogP contribution in [0.25, 0.3) is 11.1 Å². The molecule has 1 aromatic carbocycles. The molecule has 0 radical (unpaired) electrons. The van der Waals surface area contributed by atoms with Crippen LogP contribution in [0.2, 0.25) is 0 Å². The molecular formula is C21H22F4N2O4S. The number of nitrogens with one attached hydrogen (secondary N) is 1. The Labute approximate surface area is 185 Å². The van der Waals surface area contributed by atoms with Crippen LogP contribution in [0.5, 0.6) is 0 Å². The van der Waals surface area contributed by atoms with Crippen LogP contribution >= 0.6 is 11.3 Å². The third-order valence-corrected chi connectivity index (χ3v) is 6.05. The van der Waals surface area contributed by atoms with E-state index >= 15 is 0 Å². The number of carbonyl (C=O) groups excluding carboxylic acids is 1. The number of benzene rings is 1. The number of carboxylic acid groups (broad SMARTS) is 1. The summed E-state index contributed by atoms with van der Waals surface area (Å²) < 4.78 is 51.3. The number of amides is 1. The average molecular weight is 474 g/mol. The summed E-state index contributed by atoms with van der Waals surface area (Å²) in [4.78, 5) is 23.0. The number of piperidine rings is 1. The largest absolute Gasteiger partial charge is 0.490 e. The van der Waals surface area contributed by atoms with E-state index in [1.807, 2.05) is 16.8 Å². The first-order valence-electron chi connectivity index (χ1n) is 9.87. The number of rotatable bonds is 3. The molecule has 0 spiro atoms. The smallest absolute Gasteiger partial charge is 0.475 e. The Balaban J connectivity index is 0.000000360. The number of nitrogens with zero attached hydrogens (tertiary/aromatic N) is 1. The molecule has 2 aromatic rings. The highest BCUT2D eigenvalue weighted by Gasteiger charge is 2.38. The lowest BCUT2D eigenvalue weighted by atomic mass is 10.0. The van der Waals surface area contributed by atoms with Gasteiger partial charge in [0.15, 0.2) is 0 Å². The van der Waals surface area contributed by atoms with Crippen molar-refractivity contribution in [1.29, 1.82) is 0 Å². The lowest BCUT2D eigenvalue weighted by Crippen LogP contribution is -2.43. The van der Waals surface area contributed by atoms with Gasteiger partial charge in [-0.15, -0.1) is 0 Å². The van der Waals surface area contributed by atoms with E-state index in [4.69, 9.17) is 14.6 Å². The topological polar surface area (TPSA) is 78.9 Å². The normalized spacial score (nSPS) is 22.0. The highest BCUT2D eigenvalue weighted by Crippen LogP contribution is 2.34. The van der Waals surface area contributed by atoms with Gasteiger partial charge in [-0.05, 0) is 66.3 Å². The van der Waals surface area contributed by atoms with Gasteiger partial charge in [-0.3, -0.25) is 4.90 Å². The zero-order chi connectivity index (χ0) is 23.5. The van der Waals surface area contributed by atoms with E-state index in [1.165, 1.54) is 17.0 Å². The lowest BCUT2D eigenvalue weighted by Gasteiger charge is -2.30. The molecule has 1 aromatic heterocycles. The van der Waals surface area contributed by atoms with Crippen LogP contribution in [0.1, 0.15) is 25.7 Å². The van der Waals surface area contributed by atoms with Crippen LogP contribution in [-0.2, 0) is 9.53 Å². The van der Waals surface area contributed by atoms with Gasteiger partial charge in [0.25, 0.3) is 0 Å². The van der Waals surface area contributed by atoms with Gasteiger partial charge >= 0.3 is 18.2 Å². The third kappa shape index (κ3) is 5.98. The summed E-state index contributed by atoms with van der Waals surface area (Å²) in [6.45, 7) is 0. The van der Waals surface area contributed by atoms with Crippen molar-refractivity contribution in [2.24, 2.45) is 0 Å². The molecule has 6 nitrogen and oxygen atoms in total. The van der Waals surface area contributed by atoms with Crippen LogP contribution in [-0.4, -0.2) is 48.6 Å². The number of carbonyl (C=O) groups is 2. The van der Waals surface area contributed by atoms with E-state index in [0.29, 0.717) is 17.8 Å². The first-order valence-corrected chi connectivity index (χ1v) is 10.8. The first-order chi connectivity index (χ1) is 15.0. The molecule has 0 saturated carbocycles. The predicted octanol–water partition coefficient (Wildman–Crippen LogP) is 5.04. The number of alkyl halides is 3. The van der Waals surface area contributed by atoms with Gasteiger partial charge in [0.1, 0.15) is 11.9 Å². The van der Waals surface area contributed by atoms with Crippen molar-refractivity contribution >= 4 is 29.1 Å². The first kappa shape index (κ1) is 24.0. The number of aliphatic carboxylic acids is 1. The number of hydrogen-bond donors (Lipinski definition) is 2. The maximum Gasteiger partial charge on any atom is 0.490 e. The van der Waals surface area contributed by atoms with E-state index in [9.17, 15) is 22.4 Å². The molecule has 3 heterocycles. The summed E-state index contributed by atoms with van der Waals surface area (Å²) in [5, 5.41) is 14.6. The second-order valence-corrected chi connectivity index (χ2v) is 8.43. The maximum atomic E-state index is 13.8. The van der Waals surface area contributed by atoms with Gasteiger partial charge in [-0.2, -0.15) is 24.5 Å². The minimum atomic E-state index is -5.08. The van der Waals surface area contributed by atoms with E-state index in [-0.39, 0.29) is 11.9 Å². The molecule has 2 bridgehead atoms. The van der Waals surface area contributed by atoms with Gasteiger partial charge < -0.3 is 15.2 Å². The molecule has 2 aliphatic heterocycles. The zero-order valence-electron chi connectivity index (χ0n) is 17.1. The fourth-order valence-electron chi connectivity index (χ4n) is 3.87. The second kappa shape index (κ2) is 9.86. The van der Waals surface area contributed by atoms with Gasteiger partial charge in [-0.1, -0.05) is 0 Å². The monoisotopic (exact) mass is 474 g/mol. The summed E-state index contributed by atoms with van der Waals surface area (Å²) in [5.41, 5.74) is 2.33. The predicted molar refractivity (Wildman–Crippen MR) is 111 cm³/mol. The average Bonchev–Trinajstić information content (AvgIpc) is 3.37. The Morgan fingerprint density at radius 1 is 1.19 bits per heavy atom. The zero-order valence-corrected chi connectivity index (χ0v) is 17.9. The SMILES string of the molecule is CN(C(=O)OC1CC2CCC(C1)N2)c1cc(F)ccc1-c1ccsc1.O=C(O)C(F)(F)F. The quantitative estimate of drug-likeness (QED) is 0.610. The highest BCUT2D eigenvalue weighted by atomic mass is 32.1. The molecular weight excluding hydrogens is 452 g/mol. The van der Waals surface area contributed by atoms with Crippen molar-refractivity contribution in [1.82, 2.24) is 5.32 Å². The van der Waals surface area contributed by atoms with Crippen LogP contribution in [0.4, 0.5) is 28.0 Å². The maximum absolute atomic E-state index is 13.8. The molecule has 32 heavy (non-hydrogen) atoms. The summed E-state index contributed by atoms with van der Waals surface area (Å²) in [6, 6.07) is 7.39. The van der Waals surface area contributed by atoms with E-state index in [2.05, 4.69) is 5.32 Å². The van der Waals surface area contributed by atoms with Crippen LogP contribution in [0.15, 0.2) is 35.0 Å². The number of hydrogen-bond acceptors (Lipinski definition) is 5. The summed E-state index contributed by atoms with van der Waals surface area (Å²) >= 11 is 1.57. The van der Waals surface area contributed by atoms with E-state index in [1.54, 1.807) is 24.5 Å². The Morgan fingerprint density at radius 3 is 2.34 bits per heavy atom. The van der Waals surface area contributed by atoms with E-state index < -0.39 is 18.2 Å². The van der Waals surface area contributed by atoms with Crippen LogP contribution in [0, 0.1) is 5.82 Å². The molecule has 2 N–H and O–H groups in total. The Hall–Kier alpha value is -2.66. The van der Waals surface area contributed by atoms with Crippen molar-refractivity contribution in [3.05, 3.63) is 40.8 Å². The van der Waals surface area contributed by atoms with Crippen molar-refractivity contribution in [3.8, 4) is 11.1 Å². The molecule has 2 unspecified atom stereocenters. The molecule has 1 amide bonds. The third-order valence-electron chi connectivity index (χ3n) is 5.37. The van der Waals surface area contributed by atoms with Crippen molar-refractivity contribution in [2.45, 2.75) is 50.0 Å². The summed E-state index contributed by atoms with van der Waals surface area (Å²) in [6.07, 6.45) is -1.55. The van der Waals surface area contributed by atoms with Crippen molar-refractivity contribution in [3.63, 3.8) is 0 Å². The molecule has 2 saturated heterocycles. The number of fused-ring (bicyclic) bond motifs is 2. The molecule has 2 fully saturated rings. The highest BCUT2D eigenvalue weighted by molar-refractivity contribution is 7.08. The van der Waals surface area contributed by atoms with Gasteiger partial charge in [-0.25, -0.2) is 14.0 Å². The molecule has 174 valence electrons. The minimum absolute atomic E-state index is 0.0631. The summed E-state index contributed by atoms with van der Waals surface area (Å²) in [7, 11) is 1.64. The standard InChI is InChI=1S/C19H21FN2O2S.C2HF3O2/c1-22(19(23)24-16-9-14-3-4-15(10-16)21-14)18-8-13(20)2-5-17(18)12-6-7-25-11-12;3-2(4,5)1(6)7/h2,5-8,11,14-16,21H,3-4,9-10H2,1H3;(H,6,7). The Morgan fingerprint density at radius 2 is 1.81 bits per heavy atom. The molecule has 2 aliphatic rings. The van der Waals surface area contributed by atoms with Crippen molar-refractivity contribution in [2.75, 3.05) is 11.9 Å². The lowest BCUT2D eigenvalue weighted by molar-refractivity contribution is -0.192. The number of halogens is 4. The van der Waals surface area contributed by atoms with Gasteiger partial charge in [0, 0.05) is 24.7 Å². The Bertz CT molecular complexity index is 940.